The van der Waals surface area contributed by atoms with Crippen LogP contribution in [0.4, 0.5) is 5.69 Å². The van der Waals surface area contributed by atoms with Crippen molar-refractivity contribution in [3.05, 3.63) is 53.1 Å². The maximum Gasteiger partial charge on any atom is 0.269 e. The first-order valence-electron chi connectivity index (χ1n) is 8.36. The lowest BCUT2D eigenvalue weighted by Crippen LogP contribution is -2.29. The summed E-state index contributed by atoms with van der Waals surface area (Å²) < 4.78 is 11.3. The number of unbranched alkanes of at least 4 members (excludes halogenated alkanes) is 1. The monoisotopic (exact) mass is 362 g/mol. The Hall–Kier alpha value is -2.40. The molecule has 1 amide bonds. The minimum Gasteiger partial charge on any atom is -0.490 e. The number of ether oxygens (including phenoxy) is 2. The third-order valence-electron chi connectivity index (χ3n) is 3.41. The molecule has 0 unspecified atom stereocenters. The van der Waals surface area contributed by atoms with Crippen LogP contribution in [-0.2, 0) is 0 Å². The van der Waals surface area contributed by atoms with Gasteiger partial charge in [0, 0.05) is 5.56 Å². The number of para-hydroxylation sites is 1. The maximum atomic E-state index is 12.4. The van der Waals surface area contributed by atoms with Crippen LogP contribution in [0.5, 0.6) is 11.5 Å². The summed E-state index contributed by atoms with van der Waals surface area (Å²) in [5, 5.41) is 0.354. The molecule has 0 aromatic heterocycles. The lowest BCUT2D eigenvalue weighted by Gasteiger charge is -2.15. The Morgan fingerprint density at radius 1 is 1.12 bits per heavy atom. The topological polar surface area (TPSA) is 59.6 Å². The lowest BCUT2D eigenvalue weighted by molar-refractivity contribution is 0.0962. The normalized spacial score (nSPS) is 10.2. The Morgan fingerprint density at radius 3 is 2.56 bits per heavy atom. The van der Waals surface area contributed by atoms with Crippen LogP contribution >= 0.6 is 11.6 Å². The van der Waals surface area contributed by atoms with E-state index in [1.165, 1.54) is 0 Å². The number of hydrogen-bond acceptors (Lipinski definition) is 4. The largest absolute Gasteiger partial charge is 0.490 e. The molecule has 5 nitrogen and oxygen atoms in total. The van der Waals surface area contributed by atoms with Crippen molar-refractivity contribution >= 4 is 23.2 Å². The smallest absolute Gasteiger partial charge is 0.269 e. The number of halogens is 1. The molecule has 2 aromatic rings. The van der Waals surface area contributed by atoms with E-state index in [-0.39, 0.29) is 5.91 Å². The van der Waals surface area contributed by atoms with Gasteiger partial charge < -0.3 is 9.47 Å². The number of anilines is 1. The van der Waals surface area contributed by atoms with Crippen molar-refractivity contribution in [3.8, 4) is 11.5 Å². The molecule has 134 valence electrons. The summed E-state index contributed by atoms with van der Waals surface area (Å²) in [6.45, 7) is 4.96. The Balaban J connectivity index is 2.12. The molecule has 0 bridgehead atoms. The molecule has 2 rings (SSSR count). The summed E-state index contributed by atoms with van der Waals surface area (Å²) in [5.41, 5.74) is 6.67. The zero-order chi connectivity index (χ0) is 18.1. The van der Waals surface area contributed by atoms with E-state index in [9.17, 15) is 4.79 Å². The molecule has 25 heavy (non-hydrogen) atoms. The van der Waals surface area contributed by atoms with Gasteiger partial charge in [-0.25, -0.2) is 0 Å². The number of carbonyl (C=O) groups excluding carboxylic acids is 1. The van der Waals surface area contributed by atoms with E-state index in [1.54, 1.807) is 12.1 Å². The fraction of sp³-hybridized carbons (Fsp3) is 0.316. The van der Waals surface area contributed by atoms with Crippen molar-refractivity contribution in [3.63, 3.8) is 0 Å². The average molecular weight is 363 g/mol. The fourth-order valence-corrected chi connectivity index (χ4v) is 2.41. The van der Waals surface area contributed by atoms with Gasteiger partial charge in [0.05, 0.1) is 23.9 Å². The molecular formula is C19H23ClN2O3. The van der Waals surface area contributed by atoms with E-state index in [4.69, 9.17) is 21.1 Å². The third-order valence-corrected chi connectivity index (χ3v) is 3.69. The van der Waals surface area contributed by atoms with Gasteiger partial charge >= 0.3 is 0 Å². The van der Waals surface area contributed by atoms with Gasteiger partial charge in [-0.2, -0.15) is 0 Å². The Kier molecular flexibility index (Phi) is 7.41. The Bertz CT molecular complexity index is 693. The minimum absolute atomic E-state index is 0.313. The first-order chi connectivity index (χ1) is 12.2. The van der Waals surface area contributed by atoms with Crippen molar-refractivity contribution in [2.24, 2.45) is 0 Å². The minimum atomic E-state index is -0.313. The molecule has 2 aromatic carbocycles. The van der Waals surface area contributed by atoms with Gasteiger partial charge in [0.1, 0.15) is 0 Å². The van der Waals surface area contributed by atoms with E-state index in [0.29, 0.717) is 35.3 Å². The number of rotatable bonds is 9. The van der Waals surface area contributed by atoms with Crippen LogP contribution in [-0.4, -0.2) is 19.1 Å². The van der Waals surface area contributed by atoms with Crippen LogP contribution in [0.25, 0.3) is 0 Å². The molecule has 0 spiro atoms. The van der Waals surface area contributed by atoms with Crippen LogP contribution in [0.1, 0.15) is 37.0 Å². The van der Waals surface area contributed by atoms with Gasteiger partial charge in [-0.05, 0) is 37.6 Å². The highest BCUT2D eigenvalue weighted by atomic mass is 35.5. The van der Waals surface area contributed by atoms with E-state index >= 15 is 0 Å². The number of nitrogens with one attached hydrogen (secondary N) is 2. The van der Waals surface area contributed by atoms with Crippen LogP contribution in [0.3, 0.4) is 0 Å². The summed E-state index contributed by atoms with van der Waals surface area (Å²) >= 11 is 6.31. The first kappa shape index (κ1) is 18.9. The van der Waals surface area contributed by atoms with Gasteiger partial charge in [0.2, 0.25) is 0 Å². The molecule has 0 aliphatic rings. The van der Waals surface area contributed by atoms with E-state index < -0.39 is 0 Å². The van der Waals surface area contributed by atoms with Crippen LogP contribution in [0.2, 0.25) is 5.02 Å². The molecule has 0 fully saturated rings. The van der Waals surface area contributed by atoms with Crippen LogP contribution in [0, 0.1) is 0 Å². The molecule has 2 N–H and O–H groups in total. The molecule has 0 aliphatic carbocycles. The molecule has 0 saturated heterocycles. The standard InChI is InChI=1S/C19H23ClN2O3/c1-3-5-11-25-18-16(20)12-14(13-17(18)24-4-2)19(23)22-21-15-9-7-6-8-10-15/h6-10,12-13,21H,3-5,11H2,1-2H3,(H,22,23). The van der Waals surface area contributed by atoms with Gasteiger partial charge in [-0.3, -0.25) is 15.6 Å². The second-order valence-corrected chi connectivity index (χ2v) is 5.77. The summed E-state index contributed by atoms with van der Waals surface area (Å²) in [4.78, 5) is 12.4. The van der Waals surface area contributed by atoms with Crippen molar-refractivity contribution < 1.29 is 14.3 Å². The molecule has 0 radical (unpaired) electrons. The quantitative estimate of drug-likeness (QED) is 0.502. The summed E-state index contributed by atoms with van der Waals surface area (Å²) in [6.07, 6.45) is 1.94. The summed E-state index contributed by atoms with van der Waals surface area (Å²) in [6, 6.07) is 12.6. The van der Waals surface area contributed by atoms with Crippen molar-refractivity contribution in [2.45, 2.75) is 26.7 Å². The Labute approximate surface area is 153 Å². The van der Waals surface area contributed by atoms with E-state index in [1.807, 2.05) is 37.3 Å². The predicted molar refractivity (Wildman–Crippen MR) is 101 cm³/mol. The summed E-state index contributed by atoms with van der Waals surface area (Å²) in [7, 11) is 0. The molecule has 0 saturated carbocycles. The van der Waals surface area contributed by atoms with E-state index in [2.05, 4.69) is 17.8 Å². The summed E-state index contributed by atoms with van der Waals surface area (Å²) in [5.74, 6) is 0.632. The molecule has 0 aliphatic heterocycles. The third kappa shape index (κ3) is 5.57. The van der Waals surface area contributed by atoms with E-state index in [0.717, 1.165) is 18.5 Å². The second-order valence-electron chi connectivity index (χ2n) is 5.37. The highest BCUT2D eigenvalue weighted by Crippen LogP contribution is 2.36. The second kappa shape index (κ2) is 9.79. The SMILES string of the molecule is CCCCOc1c(Cl)cc(C(=O)NNc2ccccc2)cc1OCC. The average Bonchev–Trinajstić information content (AvgIpc) is 2.62. The number of hydrogen-bond donors (Lipinski definition) is 2. The van der Waals surface area contributed by atoms with Crippen molar-refractivity contribution in [2.75, 3.05) is 18.6 Å². The Morgan fingerprint density at radius 2 is 1.88 bits per heavy atom. The molecule has 6 heteroatoms. The van der Waals surface area contributed by atoms with Gasteiger partial charge in [0.15, 0.2) is 11.5 Å². The molecule has 0 atom stereocenters. The lowest BCUT2D eigenvalue weighted by atomic mass is 10.2. The molecular weight excluding hydrogens is 340 g/mol. The van der Waals surface area contributed by atoms with Gasteiger partial charge in [0.25, 0.3) is 5.91 Å². The van der Waals surface area contributed by atoms with Crippen molar-refractivity contribution in [1.29, 1.82) is 0 Å². The highest BCUT2D eigenvalue weighted by Gasteiger charge is 2.16. The molecule has 0 heterocycles. The van der Waals surface area contributed by atoms with Gasteiger partial charge in [-0.1, -0.05) is 43.1 Å². The van der Waals surface area contributed by atoms with Gasteiger partial charge in [-0.15, -0.1) is 0 Å². The highest BCUT2D eigenvalue weighted by molar-refractivity contribution is 6.32. The fourth-order valence-electron chi connectivity index (χ4n) is 2.14. The first-order valence-corrected chi connectivity index (χ1v) is 8.74. The van der Waals surface area contributed by atoms with Crippen LogP contribution in [0.15, 0.2) is 42.5 Å². The number of carbonyl (C=O) groups is 1. The number of benzene rings is 2. The number of amides is 1. The zero-order valence-corrected chi connectivity index (χ0v) is 15.2. The number of hydrazine groups is 1. The zero-order valence-electron chi connectivity index (χ0n) is 14.5. The van der Waals surface area contributed by atoms with Crippen LogP contribution < -0.4 is 20.3 Å². The maximum absolute atomic E-state index is 12.4. The predicted octanol–water partition coefficient (Wildman–Crippen LogP) is 4.67. The van der Waals surface area contributed by atoms with Crippen molar-refractivity contribution in [1.82, 2.24) is 5.43 Å².